The van der Waals surface area contributed by atoms with Gasteiger partial charge in [0, 0.05) is 18.8 Å². The molecule has 198 valence electrons. The molecule has 0 aromatic heterocycles. The topological polar surface area (TPSA) is 61.9 Å². The summed E-state index contributed by atoms with van der Waals surface area (Å²) < 4.78 is 5.75. The molecule has 1 aliphatic heterocycles. The van der Waals surface area contributed by atoms with Crippen molar-refractivity contribution >= 4 is 23.2 Å². The summed E-state index contributed by atoms with van der Waals surface area (Å²) in [5, 5.41) is 2.87. The van der Waals surface area contributed by atoms with E-state index in [4.69, 9.17) is 4.74 Å². The summed E-state index contributed by atoms with van der Waals surface area (Å²) in [5.41, 5.74) is 4.47. The van der Waals surface area contributed by atoms with Crippen LogP contribution < -0.4 is 19.9 Å². The van der Waals surface area contributed by atoms with E-state index in [1.807, 2.05) is 116 Å². The number of carbonyl (C=O) groups is 2. The highest BCUT2D eigenvalue weighted by Gasteiger charge is 2.39. The van der Waals surface area contributed by atoms with E-state index in [9.17, 15) is 9.59 Å². The number of carbonyl (C=O) groups excluding carboxylic acids is 2. The monoisotopic (exact) mass is 519 g/mol. The maximum absolute atomic E-state index is 14.0. The van der Waals surface area contributed by atoms with Crippen molar-refractivity contribution in [2.24, 2.45) is 5.92 Å². The molecule has 0 fully saturated rings. The number of amides is 2. The van der Waals surface area contributed by atoms with Crippen molar-refractivity contribution in [3.8, 4) is 5.75 Å². The Morgan fingerprint density at radius 1 is 0.846 bits per heavy atom. The van der Waals surface area contributed by atoms with E-state index in [1.165, 1.54) is 0 Å². The Hall–Kier alpha value is -4.58. The average molecular weight is 520 g/mol. The van der Waals surface area contributed by atoms with Crippen molar-refractivity contribution < 1.29 is 14.3 Å². The highest BCUT2D eigenvalue weighted by atomic mass is 16.5. The van der Waals surface area contributed by atoms with Crippen LogP contribution in [0, 0.1) is 5.92 Å². The highest BCUT2D eigenvalue weighted by molar-refractivity contribution is 6.12. The number of nitrogens with zero attached hydrogens (tertiary/aromatic N) is 2. The lowest BCUT2D eigenvalue weighted by Crippen LogP contribution is -2.49. The van der Waals surface area contributed by atoms with Crippen LogP contribution in [0.5, 0.6) is 5.75 Å². The summed E-state index contributed by atoms with van der Waals surface area (Å²) in [5.74, 6) is 0.782. The van der Waals surface area contributed by atoms with Gasteiger partial charge in [0.1, 0.15) is 11.9 Å². The molecule has 0 saturated heterocycles. The van der Waals surface area contributed by atoms with E-state index in [0.29, 0.717) is 30.3 Å². The summed E-state index contributed by atoms with van der Waals surface area (Å²) in [6.45, 7) is 5.29. The molecule has 5 rings (SSSR count). The fourth-order valence-electron chi connectivity index (χ4n) is 4.80. The van der Waals surface area contributed by atoms with Gasteiger partial charge in [-0.2, -0.15) is 0 Å². The molecule has 0 saturated carbocycles. The Morgan fingerprint density at radius 2 is 1.49 bits per heavy atom. The van der Waals surface area contributed by atoms with E-state index in [2.05, 4.69) is 22.3 Å². The van der Waals surface area contributed by atoms with Crippen molar-refractivity contribution in [3.05, 3.63) is 126 Å². The van der Waals surface area contributed by atoms with E-state index < -0.39 is 6.17 Å². The van der Waals surface area contributed by atoms with E-state index in [1.54, 1.807) is 0 Å². The molecule has 0 radical (unpaired) electrons. The van der Waals surface area contributed by atoms with E-state index >= 15 is 0 Å². The number of rotatable bonds is 9. The molecule has 2 amide bonds. The molecule has 1 atom stereocenters. The maximum Gasteiger partial charge on any atom is 0.262 e. The summed E-state index contributed by atoms with van der Waals surface area (Å²) >= 11 is 0. The van der Waals surface area contributed by atoms with Gasteiger partial charge in [-0.3, -0.25) is 14.5 Å². The number of nitrogens with one attached hydrogen (secondary N) is 1. The second-order valence-corrected chi connectivity index (χ2v) is 10.1. The normalized spacial score (nSPS) is 14.7. The Labute approximate surface area is 229 Å². The minimum absolute atomic E-state index is 0.0440. The van der Waals surface area contributed by atoms with Crippen LogP contribution in [-0.4, -0.2) is 25.0 Å². The zero-order valence-electron chi connectivity index (χ0n) is 22.3. The maximum atomic E-state index is 14.0. The molecule has 6 nitrogen and oxygen atoms in total. The van der Waals surface area contributed by atoms with Gasteiger partial charge in [-0.25, -0.2) is 0 Å². The molecular weight excluding hydrogens is 486 g/mol. The first-order chi connectivity index (χ1) is 19.0. The molecule has 39 heavy (non-hydrogen) atoms. The number of ether oxygens (including phenoxy) is 1. The largest absolute Gasteiger partial charge is 0.484 e. The van der Waals surface area contributed by atoms with Gasteiger partial charge < -0.3 is 15.0 Å². The minimum Gasteiger partial charge on any atom is -0.484 e. The Balaban J connectivity index is 1.50. The van der Waals surface area contributed by atoms with Gasteiger partial charge in [0.15, 0.2) is 6.61 Å². The van der Waals surface area contributed by atoms with Gasteiger partial charge in [-0.15, -0.1) is 0 Å². The minimum atomic E-state index is -0.390. The quantitative estimate of drug-likeness (QED) is 0.286. The molecule has 1 N–H and O–H groups in total. The SMILES string of the molecule is CC(C)CNC(=O)COc1ccc([C@@H]2N(Cc3ccccc3)c3ccccc3C(=O)N2c2ccccc2)cc1. The van der Waals surface area contributed by atoms with Crippen LogP contribution in [0.4, 0.5) is 11.4 Å². The molecule has 4 aromatic rings. The van der Waals surface area contributed by atoms with Crippen LogP contribution in [0.1, 0.15) is 41.5 Å². The summed E-state index contributed by atoms with van der Waals surface area (Å²) in [7, 11) is 0. The molecular formula is C33H33N3O3. The van der Waals surface area contributed by atoms with Gasteiger partial charge in [-0.05, 0) is 53.4 Å². The van der Waals surface area contributed by atoms with Crippen LogP contribution in [0.15, 0.2) is 109 Å². The molecule has 4 aromatic carbocycles. The van der Waals surface area contributed by atoms with Crippen molar-refractivity contribution in [1.29, 1.82) is 0 Å². The number of anilines is 2. The Bertz CT molecular complexity index is 1410. The number of benzene rings is 4. The van der Waals surface area contributed by atoms with Crippen molar-refractivity contribution in [1.82, 2.24) is 5.32 Å². The zero-order valence-corrected chi connectivity index (χ0v) is 22.3. The lowest BCUT2D eigenvalue weighted by molar-refractivity contribution is -0.123. The Morgan fingerprint density at radius 3 is 2.18 bits per heavy atom. The van der Waals surface area contributed by atoms with Crippen LogP contribution in [0.2, 0.25) is 0 Å². The predicted molar refractivity (Wildman–Crippen MR) is 155 cm³/mol. The molecule has 0 aliphatic carbocycles. The number of fused-ring (bicyclic) bond motifs is 1. The van der Waals surface area contributed by atoms with Crippen LogP contribution in [0.3, 0.4) is 0 Å². The molecule has 0 bridgehead atoms. The smallest absolute Gasteiger partial charge is 0.262 e. The van der Waals surface area contributed by atoms with Crippen molar-refractivity contribution in [2.75, 3.05) is 23.0 Å². The van der Waals surface area contributed by atoms with E-state index in [0.717, 1.165) is 22.5 Å². The summed E-state index contributed by atoms with van der Waals surface area (Å²) in [6.07, 6.45) is -0.390. The lowest BCUT2D eigenvalue weighted by Gasteiger charge is -2.46. The van der Waals surface area contributed by atoms with Gasteiger partial charge in [0.2, 0.25) is 0 Å². The molecule has 1 heterocycles. The first-order valence-electron chi connectivity index (χ1n) is 13.3. The Kier molecular flexibility index (Phi) is 7.92. The van der Waals surface area contributed by atoms with Crippen LogP contribution in [0.25, 0.3) is 0 Å². The van der Waals surface area contributed by atoms with Gasteiger partial charge >= 0.3 is 0 Å². The second-order valence-electron chi connectivity index (χ2n) is 10.1. The van der Waals surface area contributed by atoms with Gasteiger partial charge in [0.25, 0.3) is 11.8 Å². The fourth-order valence-corrected chi connectivity index (χ4v) is 4.80. The predicted octanol–water partition coefficient (Wildman–Crippen LogP) is 6.20. The van der Waals surface area contributed by atoms with Crippen LogP contribution in [-0.2, 0) is 11.3 Å². The summed E-state index contributed by atoms with van der Waals surface area (Å²) in [4.78, 5) is 30.2. The number of hydrogen-bond donors (Lipinski definition) is 1. The average Bonchev–Trinajstić information content (AvgIpc) is 2.97. The van der Waals surface area contributed by atoms with Crippen molar-refractivity contribution in [3.63, 3.8) is 0 Å². The number of para-hydroxylation sites is 2. The lowest BCUT2D eigenvalue weighted by atomic mass is 9.99. The first-order valence-corrected chi connectivity index (χ1v) is 13.3. The van der Waals surface area contributed by atoms with Gasteiger partial charge in [0.05, 0.1) is 11.3 Å². The first kappa shape index (κ1) is 26.0. The standard InChI is InChI=1S/C33H33N3O3/c1-24(2)21-34-31(37)23-39-28-19-17-26(18-20-28)32-35(22-25-11-5-3-6-12-25)30-16-10-9-15-29(30)33(38)36(32)27-13-7-4-8-14-27/h3-20,24,32H,21-23H2,1-2H3,(H,34,37)/t32-/m1/s1. The second kappa shape index (κ2) is 11.9. The van der Waals surface area contributed by atoms with E-state index in [-0.39, 0.29) is 18.4 Å². The van der Waals surface area contributed by atoms with Gasteiger partial charge in [-0.1, -0.05) is 86.6 Å². The molecule has 1 aliphatic rings. The van der Waals surface area contributed by atoms with Crippen LogP contribution >= 0.6 is 0 Å². The molecule has 0 unspecified atom stereocenters. The zero-order chi connectivity index (χ0) is 27.2. The fraction of sp³-hybridized carbons (Fsp3) is 0.212. The van der Waals surface area contributed by atoms with Crippen molar-refractivity contribution in [2.45, 2.75) is 26.6 Å². The third kappa shape index (κ3) is 5.96. The molecule has 6 heteroatoms. The highest BCUT2D eigenvalue weighted by Crippen LogP contribution is 2.42. The third-order valence-corrected chi connectivity index (χ3v) is 6.69. The number of hydrogen-bond acceptors (Lipinski definition) is 4. The third-order valence-electron chi connectivity index (χ3n) is 6.69. The molecule has 0 spiro atoms. The summed E-state index contributed by atoms with van der Waals surface area (Å²) in [6, 6.07) is 35.5.